The van der Waals surface area contributed by atoms with Gasteiger partial charge in [-0.2, -0.15) is 0 Å². The van der Waals surface area contributed by atoms with Gasteiger partial charge in [-0.05, 0) is 31.6 Å². The highest BCUT2D eigenvalue weighted by Gasteiger charge is 2.60. The van der Waals surface area contributed by atoms with E-state index >= 15 is 0 Å². The summed E-state index contributed by atoms with van der Waals surface area (Å²) in [5.74, 6) is 0.373. The predicted molar refractivity (Wildman–Crippen MR) is 130 cm³/mol. The average Bonchev–Trinajstić information content (AvgIpc) is 3.59. The van der Waals surface area contributed by atoms with Gasteiger partial charge in [0.1, 0.15) is 18.5 Å². The molecule has 3 N–H and O–H groups in total. The number of carbonyl (C=O) groups excluding carboxylic acids is 1. The van der Waals surface area contributed by atoms with Gasteiger partial charge in [0.25, 0.3) is 5.91 Å². The lowest BCUT2D eigenvalue weighted by atomic mass is 9.89. The van der Waals surface area contributed by atoms with Crippen molar-refractivity contribution in [3.63, 3.8) is 0 Å². The third-order valence-corrected chi connectivity index (χ3v) is 8.09. The summed E-state index contributed by atoms with van der Waals surface area (Å²) in [5.41, 5.74) is 1.30. The van der Waals surface area contributed by atoms with E-state index in [9.17, 15) is 9.90 Å². The van der Waals surface area contributed by atoms with Crippen LogP contribution in [0.25, 0.3) is 11.2 Å². The third-order valence-electron chi connectivity index (χ3n) is 8.09. The minimum Gasteiger partial charge on any atom is -0.395 e. The molecule has 1 spiro atoms. The first kappa shape index (κ1) is 24.0. The molecule has 11 nitrogen and oxygen atoms in total. The fourth-order valence-corrected chi connectivity index (χ4v) is 6.26. The molecule has 2 aliphatic carbocycles. The van der Waals surface area contributed by atoms with Crippen molar-refractivity contribution in [3.05, 3.63) is 12.7 Å². The zero-order chi connectivity index (χ0) is 24.5. The summed E-state index contributed by atoms with van der Waals surface area (Å²) in [6, 6.07) is 0. The molecular weight excluding hydrogens is 464 g/mol. The molecule has 2 aromatic heterocycles. The van der Waals surface area contributed by atoms with Gasteiger partial charge in [-0.3, -0.25) is 9.36 Å². The Morgan fingerprint density at radius 1 is 1.06 bits per heavy atom. The average molecular weight is 501 g/mol. The van der Waals surface area contributed by atoms with Crippen molar-refractivity contribution in [1.29, 1.82) is 0 Å². The maximum Gasteiger partial charge on any atom is 0.252 e. The second kappa shape index (κ2) is 10.2. The first-order valence-corrected chi connectivity index (χ1v) is 13.5. The van der Waals surface area contributed by atoms with Crippen molar-refractivity contribution in [2.75, 3.05) is 25.0 Å². The Kier molecular flexibility index (Phi) is 6.80. The van der Waals surface area contributed by atoms with Gasteiger partial charge in [0.05, 0.1) is 12.9 Å². The Hall–Kier alpha value is -2.34. The SMILES string of the molecule is O=C(NCCO)[C@H]1O[C@@H](n2cnc3c(NCC4CCCCC4)ncnc32)C2OC3(CCCCC3)OC21. The first-order chi connectivity index (χ1) is 17.7. The smallest absolute Gasteiger partial charge is 0.252 e. The number of rotatable bonds is 7. The van der Waals surface area contributed by atoms with Gasteiger partial charge in [0, 0.05) is 25.9 Å². The highest BCUT2D eigenvalue weighted by atomic mass is 16.8. The van der Waals surface area contributed by atoms with E-state index in [1.807, 2.05) is 4.57 Å². The van der Waals surface area contributed by atoms with E-state index < -0.39 is 30.3 Å². The number of nitrogens with one attached hydrogen (secondary N) is 2. The monoisotopic (exact) mass is 500 g/mol. The van der Waals surface area contributed by atoms with E-state index in [-0.39, 0.29) is 19.1 Å². The molecular formula is C25H36N6O5. The molecule has 4 heterocycles. The Morgan fingerprint density at radius 2 is 1.83 bits per heavy atom. The van der Waals surface area contributed by atoms with E-state index in [0.29, 0.717) is 22.9 Å². The van der Waals surface area contributed by atoms with Crippen LogP contribution in [0.2, 0.25) is 0 Å². The summed E-state index contributed by atoms with van der Waals surface area (Å²) in [4.78, 5) is 26.6. The second-order valence-electron chi connectivity index (χ2n) is 10.5. The van der Waals surface area contributed by atoms with Crippen molar-refractivity contribution in [3.8, 4) is 0 Å². The van der Waals surface area contributed by atoms with Crippen LogP contribution in [0.1, 0.15) is 70.4 Å². The number of aromatic nitrogens is 4. The van der Waals surface area contributed by atoms with E-state index in [1.54, 1.807) is 6.33 Å². The Labute approximate surface area is 210 Å². The summed E-state index contributed by atoms with van der Waals surface area (Å²) in [6.45, 7) is 0.886. The van der Waals surface area contributed by atoms with Gasteiger partial charge in [0.2, 0.25) is 0 Å². The van der Waals surface area contributed by atoms with Crippen molar-refractivity contribution in [2.24, 2.45) is 5.92 Å². The van der Waals surface area contributed by atoms with Gasteiger partial charge in [0.15, 0.2) is 35.1 Å². The van der Waals surface area contributed by atoms with Crippen LogP contribution in [-0.2, 0) is 19.0 Å². The van der Waals surface area contributed by atoms with Crippen LogP contribution in [-0.4, -0.2) is 74.3 Å². The summed E-state index contributed by atoms with van der Waals surface area (Å²) >= 11 is 0. The van der Waals surface area contributed by atoms with Crippen LogP contribution in [0.4, 0.5) is 5.82 Å². The molecule has 2 saturated carbocycles. The van der Waals surface area contributed by atoms with E-state index in [0.717, 1.165) is 38.6 Å². The van der Waals surface area contributed by atoms with Gasteiger partial charge in [-0.15, -0.1) is 0 Å². The quantitative estimate of drug-likeness (QED) is 0.524. The van der Waals surface area contributed by atoms with E-state index in [2.05, 4.69) is 25.6 Å². The van der Waals surface area contributed by atoms with Gasteiger partial charge in [-0.25, -0.2) is 15.0 Å². The highest BCUT2D eigenvalue weighted by Crippen LogP contribution is 2.49. The summed E-state index contributed by atoms with van der Waals surface area (Å²) in [5, 5.41) is 15.4. The molecule has 11 heteroatoms. The van der Waals surface area contributed by atoms with E-state index in [4.69, 9.17) is 14.2 Å². The first-order valence-electron chi connectivity index (χ1n) is 13.5. The largest absolute Gasteiger partial charge is 0.395 e. The zero-order valence-electron chi connectivity index (χ0n) is 20.6. The van der Waals surface area contributed by atoms with Crippen molar-refractivity contribution < 1.29 is 24.1 Å². The second-order valence-corrected chi connectivity index (χ2v) is 10.5. The molecule has 2 saturated heterocycles. The van der Waals surface area contributed by atoms with Crippen molar-refractivity contribution in [1.82, 2.24) is 24.8 Å². The number of aliphatic hydroxyl groups is 1. The lowest BCUT2D eigenvalue weighted by Crippen LogP contribution is -2.44. The Morgan fingerprint density at radius 3 is 2.64 bits per heavy atom. The fourth-order valence-electron chi connectivity index (χ4n) is 6.26. The highest BCUT2D eigenvalue weighted by molar-refractivity contribution is 5.83. The zero-order valence-corrected chi connectivity index (χ0v) is 20.6. The van der Waals surface area contributed by atoms with Crippen LogP contribution >= 0.6 is 0 Å². The van der Waals surface area contributed by atoms with E-state index in [1.165, 1.54) is 38.4 Å². The molecule has 4 fully saturated rings. The number of hydrogen-bond acceptors (Lipinski definition) is 9. The fraction of sp³-hybridized carbons (Fsp3) is 0.760. The van der Waals surface area contributed by atoms with Crippen molar-refractivity contribution >= 4 is 22.9 Å². The summed E-state index contributed by atoms with van der Waals surface area (Å²) < 4.78 is 21.1. The number of aliphatic hydroxyl groups excluding tert-OH is 1. The molecule has 2 aromatic rings. The third kappa shape index (κ3) is 4.46. The number of nitrogens with zero attached hydrogens (tertiary/aromatic N) is 4. The molecule has 2 aliphatic heterocycles. The minimum absolute atomic E-state index is 0.142. The normalized spacial score (nSPS) is 30.0. The van der Waals surface area contributed by atoms with Crippen molar-refractivity contribution in [2.45, 2.75) is 94.5 Å². The van der Waals surface area contributed by atoms with Gasteiger partial charge < -0.3 is 30.0 Å². The maximum atomic E-state index is 12.9. The number of hydrogen-bond donors (Lipinski definition) is 3. The molecule has 2 unspecified atom stereocenters. The van der Waals surface area contributed by atoms with Gasteiger partial charge >= 0.3 is 0 Å². The number of carbonyl (C=O) groups is 1. The van der Waals surface area contributed by atoms with Crippen LogP contribution in [0.5, 0.6) is 0 Å². The standard InChI is InChI=1S/C25H36N6O5/c32-12-11-26-23(33)19-18-20(36-25(35-18)9-5-2-6-10-25)24(34-19)31-15-30-17-21(28-14-29-22(17)31)27-13-16-7-3-1-4-8-16/h14-16,18-20,24,32H,1-13H2,(H,26,33)(H,27,28,29)/t18?,19-,20?,24+/m0/s1. The molecule has 0 aromatic carbocycles. The molecule has 0 radical (unpaired) electrons. The molecule has 0 bridgehead atoms. The summed E-state index contributed by atoms with van der Waals surface area (Å²) in [7, 11) is 0. The van der Waals surface area contributed by atoms with Crippen LogP contribution in [0.3, 0.4) is 0 Å². The van der Waals surface area contributed by atoms with Crippen LogP contribution < -0.4 is 10.6 Å². The lowest BCUT2D eigenvalue weighted by Gasteiger charge is -2.34. The number of amides is 1. The molecule has 196 valence electrons. The molecule has 36 heavy (non-hydrogen) atoms. The molecule has 1 amide bonds. The number of ether oxygens (including phenoxy) is 3. The Bertz CT molecular complexity index is 1070. The minimum atomic E-state index is -0.851. The maximum absolute atomic E-state index is 12.9. The lowest BCUT2D eigenvalue weighted by molar-refractivity contribution is -0.229. The molecule has 4 aliphatic rings. The number of imidazole rings is 1. The molecule has 6 rings (SSSR count). The molecule has 4 atom stereocenters. The van der Waals surface area contributed by atoms with Crippen LogP contribution in [0, 0.1) is 5.92 Å². The number of anilines is 1. The predicted octanol–water partition coefficient (Wildman–Crippen LogP) is 2.27. The van der Waals surface area contributed by atoms with Crippen LogP contribution in [0.15, 0.2) is 12.7 Å². The topological polar surface area (TPSA) is 133 Å². The Balaban J connectivity index is 1.26. The number of fused-ring (bicyclic) bond motifs is 2. The summed E-state index contributed by atoms with van der Waals surface area (Å²) in [6.07, 6.45) is 12.0. The van der Waals surface area contributed by atoms with Gasteiger partial charge in [-0.1, -0.05) is 25.7 Å².